The summed E-state index contributed by atoms with van der Waals surface area (Å²) in [5, 5.41) is 2.95. The van der Waals surface area contributed by atoms with Gasteiger partial charge in [0.05, 0.1) is 12.3 Å². The van der Waals surface area contributed by atoms with Crippen molar-refractivity contribution in [3.8, 4) is 0 Å². The van der Waals surface area contributed by atoms with Crippen LogP contribution in [0.2, 0.25) is 0 Å². The van der Waals surface area contributed by atoms with E-state index in [1.54, 1.807) is 11.2 Å². The van der Waals surface area contributed by atoms with Crippen molar-refractivity contribution in [1.82, 2.24) is 20.0 Å². The maximum absolute atomic E-state index is 12.5. The van der Waals surface area contributed by atoms with Crippen molar-refractivity contribution in [2.45, 2.75) is 44.2 Å². The highest BCUT2D eigenvalue weighted by Crippen LogP contribution is 2.24. The van der Waals surface area contributed by atoms with Gasteiger partial charge in [-0.15, -0.1) is 0 Å². The molecule has 7 heteroatoms. The number of likely N-dealkylation sites (N-methyl/N-ethyl adjacent to an activating group) is 1. The van der Waals surface area contributed by atoms with E-state index in [-0.39, 0.29) is 24.5 Å². The van der Waals surface area contributed by atoms with Gasteiger partial charge in [0.25, 0.3) is 0 Å². The molecule has 0 radical (unpaired) electrons. The van der Waals surface area contributed by atoms with Crippen LogP contribution >= 0.6 is 0 Å². The molecule has 0 spiro atoms. The molecule has 2 aliphatic rings. The lowest BCUT2D eigenvalue weighted by Gasteiger charge is -2.40. The Morgan fingerprint density at radius 3 is 2.69 bits per heavy atom. The lowest BCUT2D eigenvalue weighted by atomic mass is 9.93. The van der Waals surface area contributed by atoms with Gasteiger partial charge in [-0.2, -0.15) is 0 Å². The summed E-state index contributed by atoms with van der Waals surface area (Å²) >= 11 is 0. The number of furan rings is 1. The summed E-state index contributed by atoms with van der Waals surface area (Å²) in [7, 11) is 3.90. The molecular weight excluding hydrogens is 332 g/mol. The fourth-order valence-corrected chi connectivity index (χ4v) is 3.95. The Morgan fingerprint density at radius 1 is 1.31 bits per heavy atom. The number of amides is 3. The van der Waals surface area contributed by atoms with E-state index in [4.69, 9.17) is 4.42 Å². The Balaban J connectivity index is 1.50. The minimum atomic E-state index is -0.181. The predicted octanol–water partition coefficient (Wildman–Crippen LogP) is 2.07. The number of nitrogens with zero attached hydrogens (tertiary/aromatic N) is 3. The Bertz CT molecular complexity index is 596. The highest BCUT2D eigenvalue weighted by molar-refractivity contribution is 5.85. The molecule has 1 aromatic heterocycles. The van der Waals surface area contributed by atoms with Gasteiger partial charge in [0.2, 0.25) is 5.91 Å². The number of hydrogen-bond donors (Lipinski definition) is 1. The van der Waals surface area contributed by atoms with Gasteiger partial charge >= 0.3 is 6.03 Å². The van der Waals surface area contributed by atoms with E-state index in [0.717, 1.165) is 18.6 Å². The van der Waals surface area contributed by atoms with Crippen LogP contribution in [0.15, 0.2) is 22.8 Å². The molecule has 1 atom stereocenters. The van der Waals surface area contributed by atoms with Crippen molar-refractivity contribution in [2.24, 2.45) is 0 Å². The lowest BCUT2D eigenvalue weighted by Crippen LogP contribution is -2.57. The zero-order valence-electron chi connectivity index (χ0n) is 15.8. The Kier molecular flexibility index (Phi) is 6.19. The zero-order valence-corrected chi connectivity index (χ0v) is 15.8. The average molecular weight is 362 g/mol. The average Bonchev–Trinajstić information content (AvgIpc) is 3.16. The first kappa shape index (κ1) is 18.8. The quantitative estimate of drug-likeness (QED) is 0.871. The van der Waals surface area contributed by atoms with Crippen LogP contribution < -0.4 is 5.32 Å². The first-order valence-electron chi connectivity index (χ1n) is 9.58. The number of piperazine rings is 1. The maximum atomic E-state index is 12.5. The lowest BCUT2D eigenvalue weighted by molar-refractivity contribution is -0.138. The van der Waals surface area contributed by atoms with Crippen LogP contribution in [0.3, 0.4) is 0 Å². The van der Waals surface area contributed by atoms with Gasteiger partial charge in [0, 0.05) is 25.7 Å². The van der Waals surface area contributed by atoms with E-state index in [9.17, 15) is 9.59 Å². The van der Waals surface area contributed by atoms with Crippen LogP contribution in [0.5, 0.6) is 0 Å². The topological polar surface area (TPSA) is 69.0 Å². The van der Waals surface area contributed by atoms with Gasteiger partial charge in [-0.25, -0.2) is 4.79 Å². The van der Waals surface area contributed by atoms with E-state index >= 15 is 0 Å². The van der Waals surface area contributed by atoms with Crippen molar-refractivity contribution in [2.75, 3.05) is 40.3 Å². The highest BCUT2D eigenvalue weighted by Gasteiger charge is 2.32. The van der Waals surface area contributed by atoms with Crippen molar-refractivity contribution in [3.05, 3.63) is 24.2 Å². The zero-order chi connectivity index (χ0) is 18.5. The van der Waals surface area contributed by atoms with Crippen molar-refractivity contribution >= 4 is 11.9 Å². The molecule has 0 bridgehead atoms. The van der Waals surface area contributed by atoms with Crippen LogP contribution in [-0.2, 0) is 4.79 Å². The standard InChI is InChI=1S/C19H30N4O3/c1-21(2)16(17-9-6-12-26-17)13-20-19(25)22-10-11-23(18(24)14-22)15-7-4-3-5-8-15/h6,9,12,15-16H,3-5,7-8,10-11,13-14H2,1-2H3,(H,20,25). The molecule has 1 unspecified atom stereocenters. The summed E-state index contributed by atoms with van der Waals surface area (Å²) in [6.07, 6.45) is 7.53. The third-order valence-corrected chi connectivity index (χ3v) is 5.50. The summed E-state index contributed by atoms with van der Waals surface area (Å²) in [6.45, 7) is 1.86. The smallest absolute Gasteiger partial charge is 0.317 e. The Hall–Kier alpha value is -2.02. The summed E-state index contributed by atoms with van der Waals surface area (Å²) in [4.78, 5) is 30.7. The first-order chi connectivity index (χ1) is 12.6. The monoisotopic (exact) mass is 362 g/mol. The van der Waals surface area contributed by atoms with E-state index in [1.165, 1.54) is 19.3 Å². The number of urea groups is 1. The largest absolute Gasteiger partial charge is 0.468 e. The SMILES string of the molecule is CN(C)C(CNC(=O)N1CCN(C2CCCCC2)C(=O)C1)c1ccco1. The number of nitrogens with one attached hydrogen (secondary N) is 1. The third-order valence-electron chi connectivity index (χ3n) is 5.50. The second-order valence-electron chi connectivity index (χ2n) is 7.48. The van der Waals surface area contributed by atoms with Gasteiger partial charge in [0.15, 0.2) is 0 Å². The first-order valence-corrected chi connectivity index (χ1v) is 9.58. The molecule has 7 nitrogen and oxygen atoms in total. The molecule has 3 rings (SSSR count). The van der Waals surface area contributed by atoms with E-state index < -0.39 is 0 Å². The summed E-state index contributed by atoms with van der Waals surface area (Å²) in [5.74, 6) is 0.891. The molecular formula is C19H30N4O3. The van der Waals surface area contributed by atoms with Gasteiger partial charge < -0.3 is 19.5 Å². The fourth-order valence-electron chi connectivity index (χ4n) is 3.95. The van der Waals surface area contributed by atoms with E-state index in [0.29, 0.717) is 25.7 Å². The normalized spacial score (nSPS) is 20.5. The van der Waals surface area contributed by atoms with Crippen LogP contribution in [0.4, 0.5) is 4.79 Å². The molecule has 1 aliphatic heterocycles. The Morgan fingerprint density at radius 2 is 2.08 bits per heavy atom. The molecule has 26 heavy (non-hydrogen) atoms. The number of hydrogen-bond acceptors (Lipinski definition) is 4. The summed E-state index contributed by atoms with van der Waals surface area (Å²) in [6, 6.07) is 3.91. The molecule has 1 aromatic rings. The van der Waals surface area contributed by atoms with Crippen LogP contribution in [-0.4, -0.2) is 73.0 Å². The number of rotatable bonds is 5. The molecule has 2 fully saturated rings. The van der Waals surface area contributed by atoms with E-state index in [2.05, 4.69) is 5.32 Å². The minimum absolute atomic E-state index is 0.0341. The highest BCUT2D eigenvalue weighted by atomic mass is 16.3. The van der Waals surface area contributed by atoms with Gasteiger partial charge in [-0.3, -0.25) is 9.69 Å². The Labute approximate surface area is 155 Å². The third kappa shape index (κ3) is 4.38. The molecule has 144 valence electrons. The molecule has 1 saturated carbocycles. The van der Waals surface area contributed by atoms with Crippen LogP contribution in [0.1, 0.15) is 43.9 Å². The van der Waals surface area contributed by atoms with Gasteiger partial charge in [-0.05, 0) is 39.1 Å². The molecule has 1 N–H and O–H groups in total. The fraction of sp³-hybridized carbons (Fsp3) is 0.684. The van der Waals surface area contributed by atoms with Crippen LogP contribution in [0.25, 0.3) is 0 Å². The number of carbonyl (C=O) groups excluding carboxylic acids is 2. The maximum Gasteiger partial charge on any atom is 0.317 e. The second-order valence-corrected chi connectivity index (χ2v) is 7.48. The number of carbonyl (C=O) groups is 2. The van der Waals surface area contributed by atoms with E-state index in [1.807, 2.05) is 36.0 Å². The van der Waals surface area contributed by atoms with Gasteiger partial charge in [-0.1, -0.05) is 19.3 Å². The summed E-state index contributed by atoms with van der Waals surface area (Å²) in [5.41, 5.74) is 0. The van der Waals surface area contributed by atoms with Crippen LogP contribution in [0, 0.1) is 0 Å². The molecule has 1 aliphatic carbocycles. The summed E-state index contributed by atoms with van der Waals surface area (Å²) < 4.78 is 5.47. The minimum Gasteiger partial charge on any atom is -0.468 e. The second kappa shape index (κ2) is 8.58. The van der Waals surface area contributed by atoms with Crippen molar-refractivity contribution < 1.29 is 14.0 Å². The molecule has 3 amide bonds. The van der Waals surface area contributed by atoms with Crippen molar-refractivity contribution in [3.63, 3.8) is 0 Å². The van der Waals surface area contributed by atoms with Crippen molar-refractivity contribution in [1.29, 1.82) is 0 Å². The molecule has 0 aromatic carbocycles. The van der Waals surface area contributed by atoms with Gasteiger partial charge in [0.1, 0.15) is 12.3 Å². The predicted molar refractivity (Wildman–Crippen MR) is 98.7 cm³/mol. The molecule has 2 heterocycles. The molecule has 1 saturated heterocycles.